The minimum absolute atomic E-state index is 0.213. The maximum Gasteiger partial charge on any atom is 0.338 e. The number of hydrogen-bond acceptors (Lipinski definition) is 8. The summed E-state index contributed by atoms with van der Waals surface area (Å²) in [5.41, 5.74) is 2.56. The van der Waals surface area contributed by atoms with E-state index >= 15 is 0 Å². The number of nitrogens with zero attached hydrogens (tertiary/aromatic N) is 4. The van der Waals surface area contributed by atoms with Crippen molar-refractivity contribution in [3.63, 3.8) is 0 Å². The Balaban J connectivity index is 1.57. The van der Waals surface area contributed by atoms with E-state index in [0.717, 1.165) is 49.0 Å². The zero-order chi connectivity index (χ0) is 27.0. The summed E-state index contributed by atoms with van der Waals surface area (Å²) < 4.78 is 13.6. The van der Waals surface area contributed by atoms with Gasteiger partial charge in [0.25, 0.3) is 5.56 Å². The van der Waals surface area contributed by atoms with E-state index in [1.54, 1.807) is 24.5 Å². The number of rotatable bonds is 6. The molecule has 0 spiro atoms. The van der Waals surface area contributed by atoms with E-state index in [1.807, 2.05) is 55.4 Å². The second-order valence-corrected chi connectivity index (χ2v) is 11.1. The number of ether oxygens (including phenoxy) is 1. The molecule has 38 heavy (non-hydrogen) atoms. The van der Waals surface area contributed by atoms with Crippen molar-refractivity contribution in [3.8, 4) is 0 Å². The van der Waals surface area contributed by atoms with Crippen molar-refractivity contribution in [2.45, 2.75) is 39.7 Å². The molecule has 1 fully saturated rings. The summed E-state index contributed by atoms with van der Waals surface area (Å²) in [6.45, 7) is 8.03. The molecule has 0 bridgehead atoms. The SMILES string of the molecule is CCOC(=O)C1=C(C)N=c2s/c(=C/c3ccc(N4CCC(C)CC4)o3)c(=O)n2[C@H]1c1ccc(N(C)C)cc1. The fourth-order valence-corrected chi connectivity index (χ4v) is 6.04. The van der Waals surface area contributed by atoms with Gasteiger partial charge in [-0.05, 0) is 56.4 Å². The molecule has 3 aromatic rings. The third kappa shape index (κ3) is 4.95. The number of anilines is 2. The van der Waals surface area contributed by atoms with Crippen molar-refractivity contribution < 1.29 is 13.9 Å². The number of furan rings is 1. The molecule has 0 saturated carbocycles. The van der Waals surface area contributed by atoms with Crippen LogP contribution in [0.15, 0.2) is 61.9 Å². The number of benzene rings is 1. The zero-order valence-corrected chi connectivity index (χ0v) is 23.4. The van der Waals surface area contributed by atoms with Gasteiger partial charge >= 0.3 is 5.97 Å². The molecule has 200 valence electrons. The van der Waals surface area contributed by atoms with Gasteiger partial charge in [-0.2, -0.15) is 0 Å². The van der Waals surface area contributed by atoms with Gasteiger partial charge in [-0.3, -0.25) is 9.36 Å². The van der Waals surface area contributed by atoms with Gasteiger partial charge in [0.15, 0.2) is 10.7 Å². The summed E-state index contributed by atoms with van der Waals surface area (Å²) >= 11 is 1.30. The first kappa shape index (κ1) is 26.0. The molecular weight excluding hydrogens is 500 g/mol. The monoisotopic (exact) mass is 534 g/mol. The first-order valence-corrected chi connectivity index (χ1v) is 13.9. The quantitative estimate of drug-likeness (QED) is 0.449. The van der Waals surface area contributed by atoms with E-state index in [2.05, 4.69) is 16.8 Å². The summed E-state index contributed by atoms with van der Waals surface area (Å²) in [7, 11) is 3.94. The van der Waals surface area contributed by atoms with Gasteiger partial charge in [-0.1, -0.05) is 30.4 Å². The Morgan fingerprint density at radius 3 is 2.55 bits per heavy atom. The Labute approximate surface area is 226 Å². The Kier molecular flexibility index (Phi) is 7.29. The molecule has 1 aromatic carbocycles. The molecule has 1 atom stereocenters. The lowest BCUT2D eigenvalue weighted by Gasteiger charge is -2.29. The number of esters is 1. The number of thiazole rings is 1. The van der Waals surface area contributed by atoms with Gasteiger partial charge in [-0.15, -0.1) is 0 Å². The highest BCUT2D eigenvalue weighted by Crippen LogP contribution is 2.32. The van der Waals surface area contributed by atoms with Crippen molar-refractivity contribution >= 4 is 35.0 Å². The first-order valence-electron chi connectivity index (χ1n) is 13.1. The van der Waals surface area contributed by atoms with Crippen LogP contribution in [0.4, 0.5) is 11.6 Å². The van der Waals surface area contributed by atoms with Gasteiger partial charge < -0.3 is 19.0 Å². The van der Waals surface area contributed by atoms with E-state index in [-0.39, 0.29) is 12.2 Å². The molecule has 2 aliphatic rings. The fraction of sp³-hybridized carbons (Fsp3) is 0.414. The molecule has 2 aromatic heterocycles. The third-order valence-corrected chi connectivity index (χ3v) is 8.21. The number of allylic oxidation sites excluding steroid dienone is 1. The molecule has 2 aliphatic heterocycles. The molecule has 4 heterocycles. The number of hydrogen-bond donors (Lipinski definition) is 0. The summed E-state index contributed by atoms with van der Waals surface area (Å²) in [6.07, 6.45) is 4.06. The standard InChI is InChI=1S/C29H34N4O4S/c1-6-36-28(35)25-19(3)30-29-33(26(25)20-7-9-21(10-8-20)31(4)5)27(34)23(38-29)17-22-11-12-24(37-22)32-15-13-18(2)14-16-32/h7-12,17-18,26H,6,13-16H2,1-5H3/b23-17+/t26-/m0/s1. The summed E-state index contributed by atoms with van der Waals surface area (Å²) in [4.78, 5) is 36.3. The smallest absolute Gasteiger partial charge is 0.338 e. The van der Waals surface area contributed by atoms with Gasteiger partial charge in [0.2, 0.25) is 0 Å². The van der Waals surface area contributed by atoms with E-state index in [4.69, 9.17) is 9.15 Å². The van der Waals surface area contributed by atoms with Crippen LogP contribution in [0.3, 0.4) is 0 Å². The number of carbonyl (C=O) groups excluding carboxylic acids is 1. The lowest BCUT2D eigenvalue weighted by molar-refractivity contribution is -0.139. The molecule has 0 N–H and O–H groups in total. The lowest BCUT2D eigenvalue weighted by Crippen LogP contribution is -2.39. The highest BCUT2D eigenvalue weighted by atomic mass is 32.1. The average molecular weight is 535 g/mol. The maximum atomic E-state index is 13.8. The van der Waals surface area contributed by atoms with Crippen LogP contribution in [0.1, 0.15) is 51.0 Å². The fourth-order valence-electron chi connectivity index (χ4n) is 5.01. The van der Waals surface area contributed by atoms with Crippen molar-refractivity contribution in [1.82, 2.24) is 4.57 Å². The first-order chi connectivity index (χ1) is 18.3. The topological polar surface area (TPSA) is 80.3 Å². The molecule has 8 nitrogen and oxygen atoms in total. The van der Waals surface area contributed by atoms with Gasteiger partial charge in [0.1, 0.15) is 5.76 Å². The molecule has 0 radical (unpaired) electrons. The Hall–Kier alpha value is -3.59. The molecule has 0 unspecified atom stereocenters. The highest BCUT2D eigenvalue weighted by molar-refractivity contribution is 7.07. The maximum absolute atomic E-state index is 13.8. The summed E-state index contributed by atoms with van der Waals surface area (Å²) in [5, 5.41) is 0. The second kappa shape index (κ2) is 10.6. The van der Waals surface area contributed by atoms with Gasteiger partial charge in [0.05, 0.1) is 28.5 Å². The van der Waals surface area contributed by atoms with Crippen LogP contribution in [0, 0.1) is 5.92 Å². The molecule has 1 saturated heterocycles. The van der Waals surface area contributed by atoms with Crippen LogP contribution in [0.25, 0.3) is 6.08 Å². The van der Waals surface area contributed by atoms with E-state index in [9.17, 15) is 9.59 Å². The Morgan fingerprint density at radius 1 is 1.18 bits per heavy atom. The van der Waals surface area contributed by atoms with Crippen LogP contribution in [0.2, 0.25) is 0 Å². The largest absolute Gasteiger partial charge is 0.463 e. The number of aromatic nitrogens is 1. The van der Waals surface area contributed by atoms with Crippen molar-refractivity contribution in [1.29, 1.82) is 0 Å². The van der Waals surface area contributed by atoms with E-state index < -0.39 is 12.0 Å². The number of piperidine rings is 1. The average Bonchev–Trinajstić information content (AvgIpc) is 3.48. The van der Waals surface area contributed by atoms with Crippen molar-refractivity contribution in [2.75, 3.05) is 43.6 Å². The van der Waals surface area contributed by atoms with E-state index in [0.29, 0.717) is 26.4 Å². The second-order valence-electron chi connectivity index (χ2n) is 10.1. The number of carbonyl (C=O) groups is 1. The minimum Gasteiger partial charge on any atom is -0.463 e. The summed E-state index contributed by atoms with van der Waals surface area (Å²) in [5.74, 6) is 1.72. The van der Waals surface area contributed by atoms with Gasteiger partial charge in [0, 0.05) is 45.0 Å². The number of fused-ring (bicyclic) bond motifs is 1. The lowest BCUT2D eigenvalue weighted by atomic mass is 9.95. The van der Waals surface area contributed by atoms with Gasteiger partial charge in [-0.25, -0.2) is 9.79 Å². The Bertz CT molecular complexity index is 1540. The Morgan fingerprint density at radius 2 is 1.89 bits per heavy atom. The summed E-state index contributed by atoms with van der Waals surface area (Å²) in [6, 6.07) is 11.1. The van der Waals surface area contributed by atoms with Crippen LogP contribution < -0.4 is 24.7 Å². The molecule has 0 aliphatic carbocycles. The van der Waals surface area contributed by atoms with Crippen molar-refractivity contribution in [3.05, 3.63) is 78.7 Å². The van der Waals surface area contributed by atoms with E-state index in [1.165, 1.54) is 11.3 Å². The van der Waals surface area contributed by atoms with Crippen LogP contribution in [-0.2, 0) is 9.53 Å². The predicted molar refractivity (Wildman–Crippen MR) is 150 cm³/mol. The highest BCUT2D eigenvalue weighted by Gasteiger charge is 2.33. The molecule has 5 rings (SSSR count). The van der Waals surface area contributed by atoms with Crippen molar-refractivity contribution in [2.24, 2.45) is 10.9 Å². The molecular formula is C29H34N4O4S. The third-order valence-electron chi connectivity index (χ3n) is 7.22. The van der Waals surface area contributed by atoms with Crippen LogP contribution in [0.5, 0.6) is 0 Å². The molecule has 9 heteroatoms. The normalized spacial score (nSPS) is 18.4. The van der Waals surface area contributed by atoms with Crippen LogP contribution >= 0.6 is 11.3 Å². The molecule has 0 amide bonds. The zero-order valence-electron chi connectivity index (χ0n) is 22.6. The minimum atomic E-state index is -0.633. The predicted octanol–water partition coefficient (Wildman–Crippen LogP) is 3.69. The van der Waals surface area contributed by atoms with Crippen LogP contribution in [-0.4, -0.2) is 44.3 Å².